The van der Waals surface area contributed by atoms with E-state index in [0.717, 1.165) is 0 Å². The Morgan fingerprint density at radius 2 is 2.05 bits per heavy atom. The fourth-order valence-electron chi connectivity index (χ4n) is 2.31. The molecule has 2 atom stereocenters. The van der Waals surface area contributed by atoms with E-state index in [9.17, 15) is 14.7 Å². The maximum atomic E-state index is 11.3. The zero-order chi connectivity index (χ0) is 13.8. The summed E-state index contributed by atoms with van der Waals surface area (Å²) in [7, 11) is 0. The number of carboxylic acid groups (broad SMARTS) is 2. The number of rotatable bonds is 4. The molecule has 0 saturated carbocycles. The van der Waals surface area contributed by atoms with Crippen molar-refractivity contribution in [3.8, 4) is 0 Å². The van der Waals surface area contributed by atoms with Crippen LogP contribution in [-0.2, 0) is 14.3 Å². The molecule has 2 N–H and O–H groups in total. The van der Waals surface area contributed by atoms with Crippen LogP contribution in [0.3, 0.4) is 0 Å². The summed E-state index contributed by atoms with van der Waals surface area (Å²) in [5, 5.41) is 18.3. The third-order valence-electron chi connectivity index (χ3n) is 3.15. The Morgan fingerprint density at radius 3 is 2.63 bits per heavy atom. The molecule has 5 nitrogen and oxygen atoms in total. The van der Waals surface area contributed by atoms with Gasteiger partial charge in [0.15, 0.2) is 0 Å². The number of aliphatic carboxylic acids is 2. The van der Waals surface area contributed by atoms with Crippen molar-refractivity contribution in [2.24, 2.45) is 5.92 Å². The summed E-state index contributed by atoms with van der Waals surface area (Å²) < 4.78 is 5.35. The van der Waals surface area contributed by atoms with Crippen LogP contribution in [0.2, 0.25) is 0 Å². The SMILES string of the molecule is O=C(O)C1=C(C(=O)O)C(CC2C=CC=CO2)CC=C1. The van der Waals surface area contributed by atoms with Gasteiger partial charge in [0, 0.05) is 0 Å². The predicted octanol–water partition coefficient (Wildman–Crippen LogP) is 1.89. The summed E-state index contributed by atoms with van der Waals surface area (Å²) in [5.41, 5.74) is -0.180. The fraction of sp³-hybridized carbons (Fsp3) is 0.286. The quantitative estimate of drug-likeness (QED) is 0.808. The van der Waals surface area contributed by atoms with Crippen LogP contribution in [0.15, 0.2) is 47.8 Å². The van der Waals surface area contributed by atoms with Crippen LogP contribution in [0, 0.1) is 5.92 Å². The van der Waals surface area contributed by atoms with E-state index in [4.69, 9.17) is 9.84 Å². The molecule has 0 saturated heterocycles. The molecule has 1 aliphatic heterocycles. The highest BCUT2D eigenvalue weighted by molar-refractivity contribution is 6.01. The lowest BCUT2D eigenvalue weighted by molar-refractivity contribution is -0.136. The van der Waals surface area contributed by atoms with Crippen LogP contribution < -0.4 is 0 Å². The van der Waals surface area contributed by atoms with Gasteiger partial charge in [0.1, 0.15) is 6.10 Å². The van der Waals surface area contributed by atoms with Crippen molar-refractivity contribution in [2.45, 2.75) is 18.9 Å². The van der Waals surface area contributed by atoms with Crippen molar-refractivity contribution in [1.82, 2.24) is 0 Å². The number of carbonyl (C=O) groups is 2. The average molecular weight is 262 g/mol. The molecule has 5 heteroatoms. The van der Waals surface area contributed by atoms with E-state index in [1.54, 1.807) is 18.4 Å². The van der Waals surface area contributed by atoms with Gasteiger partial charge in [-0.15, -0.1) is 0 Å². The molecule has 1 heterocycles. The molecule has 100 valence electrons. The summed E-state index contributed by atoms with van der Waals surface area (Å²) in [6.07, 6.45) is 10.8. The third kappa shape index (κ3) is 2.93. The normalized spacial score (nSPS) is 25.3. The first kappa shape index (κ1) is 13.1. The molecule has 0 spiro atoms. The van der Waals surface area contributed by atoms with Gasteiger partial charge < -0.3 is 14.9 Å². The molecule has 2 rings (SSSR count). The first-order valence-electron chi connectivity index (χ1n) is 5.95. The van der Waals surface area contributed by atoms with E-state index in [2.05, 4.69) is 0 Å². The van der Waals surface area contributed by atoms with E-state index in [1.165, 1.54) is 6.08 Å². The topological polar surface area (TPSA) is 83.8 Å². The Labute approximate surface area is 110 Å². The van der Waals surface area contributed by atoms with Gasteiger partial charge in [-0.3, -0.25) is 0 Å². The predicted molar refractivity (Wildman–Crippen MR) is 67.3 cm³/mol. The van der Waals surface area contributed by atoms with Gasteiger partial charge in [0.2, 0.25) is 0 Å². The number of hydrogen-bond acceptors (Lipinski definition) is 3. The summed E-state index contributed by atoms with van der Waals surface area (Å²) in [5.74, 6) is -2.74. The molecule has 0 radical (unpaired) electrons. The zero-order valence-corrected chi connectivity index (χ0v) is 10.2. The Bertz CT molecular complexity index is 510. The second kappa shape index (κ2) is 5.56. The van der Waals surface area contributed by atoms with E-state index >= 15 is 0 Å². The molecule has 0 bridgehead atoms. The van der Waals surface area contributed by atoms with Gasteiger partial charge >= 0.3 is 11.9 Å². The summed E-state index contributed by atoms with van der Waals surface area (Å²) >= 11 is 0. The molecule has 1 aliphatic carbocycles. The van der Waals surface area contributed by atoms with Crippen LogP contribution in [0.5, 0.6) is 0 Å². The molecule has 0 aromatic rings. The lowest BCUT2D eigenvalue weighted by Gasteiger charge is -2.25. The van der Waals surface area contributed by atoms with Crippen molar-refractivity contribution in [3.63, 3.8) is 0 Å². The van der Waals surface area contributed by atoms with Crippen LogP contribution in [-0.4, -0.2) is 28.3 Å². The highest BCUT2D eigenvalue weighted by Gasteiger charge is 2.30. The first-order valence-corrected chi connectivity index (χ1v) is 5.95. The fourth-order valence-corrected chi connectivity index (χ4v) is 2.31. The Balaban J connectivity index is 2.22. The molecule has 0 aromatic carbocycles. The first-order chi connectivity index (χ1) is 9.09. The lowest BCUT2D eigenvalue weighted by Crippen LogP contribution is -2.24. The van der Waals surface area contributed by atoms with Crippen molar-refractivity contribution < 1.29 is 24.5 Å². The van der Waals surface area contributed by atoms with E-state index in [-0.39, 0.29) is 23.2 Å². The number of carboxylic acids is 2. The molecular weight excluding hydrogens is 248 g/mol. The number of allylic oxidation sites excluding steroid dienone is 3. The summed E-state index contributed by atoms with van der Waals surface area (Å²) in [6.45, 7) is 0. The molecule has 19 heavy (non-hydrogen) atoms. The van der Waals surface area contributed by atoms with Gasteiger partial charge in [0.25, 0.3) is 0 Å². The van der Waals surface area contributed by atoms with E-state index in [0.29, 0.717) is 12.8 Å². The van der Waals surface area contributed by atoms with Gasteiger partial charge in [-0.1, -0.05) is 18.2 Å². The maximum absolute atomic E-state index is 11.3. The van der Waals surface area contributed by atoms with Crippen molar-refractivity contribution in [1.29, 1.82) is 0 Å². The maximum Gasteiger partial charge on any atom is 0.336 e. The minimum Gasteiger partial charge on any atom is -0.494 e. The Kier molecular flexibility index (Phi) is 3.85. The summed E-state index contributed by atoms with van der Waals surface area (Å²) in [4.78, 5) is 22.4. The van der Waals surface area contributed by atoms with Crippen molar-refractivity contribution in [2.75, 3.05) is 0 Å². The van der Waals surface area contributed by atoms with Crippen molar-refractivity contribution in [3.05, 3.63) is 47.8 Å². The van der Waals surface area contributed by atoms with Crippen LogP contribution in [0.4, 0.5) is 0 Å². The minimum absolute atomic E-state index is 0.0402. The highest BCUT2D eigenvalue weighted by atomic mass is 16.5. The third-order valence-corrected chi connectivity index (χ3v) is 3.15. The Morgan fingerprint density at radius 1 is 1.26 bits per heavy atom. The van der Waals surface area contributed by atoms with Crippen LogP contribution >= 0.6 is 0 Å². The highest BCUT2D eigenvalue weighted by Crippen LogP contribution is 2.31. The molecule has 2 unspecified atom stereocenters. The molecular formula is C14H14O5. The van der Waals surface area contributed by atoms with Gasteiger partial charge in [-0.25, -0.2) is 9.59 Å². The smallest absolute Gasteiger partial charge is 0.336 e. The zero-order valence-electron chi connectivity index (χ0n) is 10.2. The van der Waals surface area contributed by atoms with E-state index in [1.807, 2.05) is 12.2 Å². The van der Waals surface area contributed by atoms with Gasteiger partial charge in [0.05, 0.1) is 17.4 Å². The van der Waals surface area contributed by atoms with Crippen molar-refractivity contribution >= 4 is 11.9 Å². The monoisotopic (exact) mass is 262 g/mol. The molecule has 0 aromatic heterocycles. The number of hydrogen-bond donors (Lipinski definition) is 2. The second-order valence-electron chi connectivity index (χ2n) is 4.40. The Hall–Kier alpha value is -2.30. The van der Waals surface area contributed by atoms with Crippen LogP contribution in [0.25, 0.3) is 0 Å². The largest absolute Gasteiger partial charge is 0.494 e. The minimum atomic E-state index is -1.21. The summed E-state index contributed by atoms with van der Waals surface area (Å²) in [6, 6.07) is 0. The van der Waals surface area contributed by atoms with Gasteiger partial charge in [-0.05, 0) is 30.9 Å². The lowest BCUT2D eigenvalue weighted by atomic mass is 9.83. The molecule has 0 amide bonds. The number of ether oxygens (including phenoxy) is 1. The molecule has 2 aliphatic rings. The molecule has 0 fully saturated rings. The van der Waals surface area contributed by atoms with Gasteiger partial charge in [-0.2, -0.15) is 0 Å². The average Bonchev–Trinajstić information content (AvgIpc) is 2.39. The van der Waals surface area contributed by atoms with Crippen LogP contribution in [0.1, 0.15) is 12.8 Å². The standard InChI is InChI=1S/C14H14O5/c15-13(16)11-6-3-4-9(12(11)14(17)18)8-10-5-1-2-7-19-10/h1-3,5-7,9-10H,4,8H2,(H,15,16)(H,17,18). The van der Waals surface area contributed by atoms with E-state index < -0.39 is 11.9 Å². The second-order valence-corrected chi connectivity index (χ2v) is 4.40.